The number of benzene rings is 1. The van der Waals surface area contributed by atoms with Crippen molar-refractivity contribution in [2.45, 2.75) is 38.5 Å². The highest BCUT2D eigenvalue weighted by Crippen LogP contribution is 2.25. The summed E-state index contributed by atoms with van der Waals surface area (Å²) >= 11 is 0. The summed E-state index contributed by atoms with van der Waals surface area (Å²) in [5.41, 5.74) is 3.16. The van der Waals surface area contributed by atoms with Gasteiger partial charge in [0.25, 0.3) is 0 Å². The first kappa shape index (κ1) is 10.8. The number of rotatable bonds is 0. The predicted molar refractivity (Wildman–Crippen MR) is 71.0 cm³/mol. The molecule has 0 unspecified atom stereocenters. The van der Waals surface area contributed by atoms with Gasteiger partial charge in [0.2, 0.25) is 0 Å². The Morgan fingerprint density at radius 2 is 1.71 bits per heavy atom. The molecule has 0 amide bonds. The van der Waals surface area contributed by atoms with Crippen molar-refractivity contribution < 1.29 is 4.57 Å². The van der Waals surface area contributed by atoms with Crippen LogP contribution < -0.4 is 4.57 Å². The molecule has 1 aromatic heterocycles. The molecule has 1 nitrogen and oxygen atoms in total. The van der Waals surface area contributed by atoms with Crippen LogP contribution in [0.15, 0.2) is 30.5 Å². The van der Waals surface area contributed by atoms with Gasteiger partial charge in [0.1, 0.15) is 7.05 Å². The molecule has 0 saturated carbocycles. The molecule has 1 aromatic carbocycles. The van der Waals surface area contributed by atoms with Gasteiger partial charge in [0, 0.05) is 17.4 Å². The summed E-state index contributed by atoms with van der Waals surface area (Å²) in [6.45, 7) is 0. The highest BCUT2D eigenvalue weighted by Gasteiger charge is 2.18. The van der Waals surface area contributed by atoms with Crippen LogP contribution in [0.2, 0.25) is 0 Å². The van der Waals surface area contributed by atoms with Crippen LogP contribution in [-0.4, -0.2) is 0 Å². The molecule has 1 aliphatic rings. The van der Waals surface area contributed by atoms with Crippen molar-refractivity contribution >= 4 is 10.8 Å². The number of nitrogens with zero attached hydrogens (tertiary/aromatic N) is 1. The highest BCUT2D eigenvalue weighted by atomic mass is 14.9. The second kappa shape index (κ2) is 4.48. The largest absolute Gasteiger partial charge is 0.204 e. The van der Waals surface area contributed by atoms with Crippen molar-refractivity contribution in [2.24, 2.45) is 7.05 Å². The summed E-state index contributed by atoms with van der Waals surface area (Å²) in [6, 6.07) is 8.82. The van der Waals surface area contributed by atoms with Crippen molar-refractivity contribution in [1.29, 1.82) is 0 Å². The van der Waals surface area contributed by atoms with Gasteiger partial charge in [-0.3, -0.25) is 0 Å². The van der Waals surface area contributed by atoms with E-state index in [2.05, 4.69) is 42.1 Å². The van der Waals surface area contributed by atoms with Crippen LogP contribution in [0.25, 0.3) is 10.8 Å². The molecule has 0 spiro atoms. The summed E-state index contributed by atoms with van der Waals surface area (Å²) in [5.74, 6) is 0. The van der Waals surface area contributed by atoms with Gasteiger partial charge in [-0.25, -0.2) is 4.57 Å². The minimum atomic E-state index is 1.25. The molecule has 2 aromatic rings. The van der Waals surface area contributed by atoms with Crippen molar-refractivity contribution in [3.05, 3.63) is 41.7 Å². The Balaban J connectivity index is 2.25. The van der Waals surface area contributed by atoms with Gasteiger partial charge in [-0.15, -0.1) is 0 Å². The standard InChI is InChI=1S/C16H20N/c1-17-12-13-8-6-7-9-14(13)15-10-4-2-3-5-11-16(15)17/h6-9,12H,2-5,10-11H2,1H3/q+1. The molecular formula is C16H20N+. The van der Waals surface area contributed by atoms with E-state index >= 15 is 0 Å². The Bertz CT molecular complexity index is 542. The second-order valence-corrected chi connectivity index (χ2v) is 5.17. The number of aromatic nitrogens is 1. The third-order valence-corrected chi connectivity index (χ3v) is 3.98. The SMILES string of the molecule is C[n+]1cc2ccccc2c2c1CCCCCC2. The zero-order valence-electron chi connectivity index (χ0n) is 10.6. The average Bonchev–Trinajstić information content (AvgIpc) is 2.29. The fourth-order valence-corrected chi connectivity index (χ4v) is 3.09. The zero-order chi connectivity index (χ0) is 11.7. The van der Waals surface area contributed by atoms with Gasteiger partial charge < -0.3 is 0 Å². The van der Waals surface area contributed by atoms with Crippen LogP contribution in [0.4, 0.5) is 0 Å². The molecule has 0 aliphatic heterocycles. The molecule has 3 rings (SSSR count). The maximum Gasteiger partial charge on any atom is 0.184 e. The van der Waals surface area contributed by atoms with Crippen molar-refractivity contribution in [2.75, 3.05) is 0 Å². The van der Waals surface area contributed by atoms with Gasteiger partial charge >= 0.3 is 0 Å². The van der Waals surface area contributed by atoms with Gasteiger partial charge in [-0.2, -0.15) is 0 Å². The minimum Gasteiger partial charge on any atom is -0.204 e. The van der Waals surface area contributed by atoms with Crippen molar-refractivity contribution in [1.82, 2.24) is 0 Å². The van der Waals surface area contributed by atoms with Crippen LogP contribution in [-0.2, 0) is 19.9 Å². The molecule has 0 atom stereocenters. The number of fused-ring (bicyclic) bond motifs is 3. The van der Waals surface area contributed by atoms with E-state index in [4.69, 9.17) is 0 Å². The summed E-state index contributed by atoms with van der Waals surface area (Å²) in [6.07, 6.45) is 10.3. The van der Waals surface area contributed by atoms with Crippen LogP contribution in [0.1, 0.15) is 36.9 Å². The first-order valence-corrected chi connectivity index (χ1v) is 6.75. The molecule has 0 radical (unpaired) electrons. The van der Waals surface area contributed by atoms with Crippen LogP contribution in [0.5, 0.6) is 0 Å². The van der Waals surface area contributed by atoms with Crippen LogP contribution in [0, 0.1) is 0 Å². The summed E-state index contributed by atoms with van der Waals surface area (Å²) in [5, 5.41) is 2.86. The van der Waals surface area contributed by atoms with Crippen molar-refractivity contribution in [3.8, 4) is 0 Å². The number of hydrogen-bond donors (Lipinski definition) is 0. The van der Waals surface area contributed by atoms with Gasteiger partial charge in [0.15, 0.2) is 11.9 Å². The third kappa shape index (κ3) is 1.95. The van der Waals surface area contributed by atoms with Crippen molar-refractivity contribution in [3.63, 3.8) is 0 Å². The van der Waals surface area contributed by atoms with E-state index in [1.807, 2.05) is 0 Å². The third-order valence-electron chi connectivity index (χ3n) is 3.98. The fourth-order valence-electron chi connectivity index (χ4n) is 3.09. The molecule has 0 saturated heterocycles. The highest BCUT2D eigenvalue weighted by molar-refractivity contribution is 5.84. The first-order chi connectivity index (χ1) is 8.36. The lowest BCUT2D eigenvalue weighted by Gasteiger charge is -2.13. The Labute approximate surface area is 103 Å². The molecule has 0 N–H and O–H groups in total. The lowest BCUT2D eigenvalue weighted by Crippen LogP contribution is -2.35. The summed E-state index contributed by atoms with van der Waals surface area (Å²) in [7, 11) is 2.20. The van der Waals surface area contributed by atoms with E-state index in [9.17, 15) is 0 Å². The lowest BCUT2D eigenvalue weighted by molar-refractivity contribution is -0.678. The van der Waals surface area contributed by atoms with Gasteiger partial charge in [0.05, 0.1) is 0 Å². The van der Waals surface area contributed by atoms with E-state index in [1.165, 1.54) is 49.3 Å². The van der Waals surface area contributed by atoms with E-state index in [1.54, 1.807) is 11.3 Å². The molecule has 1 aliphatic carbocycles. The van der Waals surface area contributed by atoms with E-state index < -0.39 is 0 Å². The van der Waals surface area contributed by atoms with E-state index in [0.29, 0.717) is 0 Å². The van der Waals surface area contributed by atoms with E-state index in [-0.39, 0.29) is 0 Å². The monoisotopic (exact) mass is 226 g/mol. The normalized spacial score (nSPS) is 16.3. The summed E-state index contributed by atoms with van der Waals surface area (Å²) in [4.78, 5) is 0. The maximum atomic E-state index is 2.35. The Morgan fingerprint density at radius 3 is 2.59 bits per heavy atom. The fraction of sp³-hybridized carbons (Fsp3) is 0.438. The number of aryl methyl sites for hydroxylation is 2. The second-order valence-electron chi connectivity index (χ2n) is 5.17. The number of pyridine rings is 1. The molecule has 17 heavy (non-hydrogen) atoms. The Morgan fingerprint density at radius 1 is 0.941 bits per heavy atom. The van der Waals surface area contributed by atoms with Crippen LogP contribution >= 0.6 is 0 Å². The molecule has 1 heterocycles. The molecule has 1 heteroatoms. The Hall–Kier alpha value is -1.37. The van der Waals surface area contributed by atoms with Crippen LogP contribution in [0.3, 0.4) is 0 Å². The quantitative estimate of drug-likeness (QED) is 0.607. The number of hydrogen-bond acceptors (Lipinski definition) is 0. The molecule has 0 bridgehead atoms. The topological polar surface area (TPSA) is 3.88 Å². The molecule has 0 fully saturated rings. The smallest absolute Gasteiger partial charge is 0.184 e. The predicted octanol–water partition coefficient (Wildman–Crippen LogP) is 3.32. The minimum absolute atomic E-state index is 1.25. The lowest BCUT2D eigenvalue weighted by atomic mass is 9.93. The first-order valence-electron chi connectivity index (χ1n) is 6.75. The molecular weight excluding hydrogens is 206 g/mol. The van der Waals surface area contributed by atoms with Gasteiger partial charge in [-0.1, -0.05) is 31.0 Å². The Kier molecular flexibility index (Phi) is 2.84. The average molecular weight is 226 g/mol. The molecule has 88 valence electrons. The van der Waals surface area contributed by atoms with E-state index in [0.717, 1.165) is 0 Å². The summed E-state index contributed by atoms with van der Waals surface area (Å²) < 4.78 is 2.35. The van der Waals surface area contributed by atoms with Gasteiger partial charge in [-0.05, 0) is 30.7 Å². The maximum absolute atomic E-state index is 2.35. The zero-order valence-corrected chi connectivity index (χ0v) is 10.6.